The van der Waals surface area contributed by atoms with Gasteiger partial charge >= 0.3 is 0 Å². The fourth-order valence-corrected chi connectivity index (χ4v) is 2.22. The average molecular weight is 292 g/mol. The largest absolute Gasteiger partial charge is 0.382 e. The minimum Gasteiger partial charge on any atom is -0.382 e. The molecule has 2 aromatic heterocycles. The third-order valence-electron chi connectivity index (χ3n) is 3.32. The first-order valence-electron chi connectivity index (χ1n) is 7.28. The molecule has 0 aliphatic heterocycles. The number of hydrogen-bond acceptors (Lipinski definition) is 5. The van der Waals surface area contributed by atoms with Crippen molar-refractivity contribution in [3.05, 3.63) is 23.5 Å². The van der Waals surface area contributed by atoms with Crippen LogP contribution in [0.1, 0.15) is 17.7 Å². The Morgan fingerprint density at radius 3 is 2.95 bits per heavy atom. The Morgan fingerprint density at radius 1 is 1.29 bits per heavy atom. The number of nitrogens with one attached hydrogen (secondary N) is 1. The van der Waals surface area contributed by atoms with E-state index in [-0.39, 0.29) is 0 Å². The summed E-state index contributed by atoms with van der Waals surface area (Å²) in [5, 5.41) is 8.91. The maximum Gasteiger partial charge on any atom is 0.157 e. The molecule has 0 spiro atoms. The number of rotatable bonds is 9. The van der Waals surface area contributed by atoms with E-state index in [9.17, 15) is 0 Å². The minimum atomic E-state index is 0.656. The number of nitrogens with zero attached hydrogens (tertiary/aromatic N) is 3. The fourth-order valence-electron chi connectivity index (χ4n) is 2.22. The lowest BCUT2D eigenvalue weighted by Gasteiger charge is -2.06. The smallest absolute Gasteiger partial charge is 0.157 e. The van der Waals surface area contributed by atoms with Crippen molar-refractivity contribution >= 4 is 11.0 Å². The number of ether oxygens (including phenoxy) is 2. The van der Waals surface area contributed by atoms with Crippen molar-refractivity contribution in [2.24, 2.45) is 7.05 Å². The summed E-state index contributed by atoms with van der Waals surface area (Å²) in [5.41, 5.74) is 3.13. The van der Waals surface area contributed by atoms with Crippen LogP contribution in [0.15, 0.2) is 12.3 Å². The second-order valence-electron chi connectivity index (χ2n) is 5.06. The zero-order valence-electron chi connectivity index (χ0n) is 13.1. The van der Waals surface area contributed by atoms with Crippen LogP contribution in [0.2, 0.25) is 0 Å². The number of methoxy groups -OCH3 is 1. The van der Waals surface area contributed by atoms with Crippen LogP contribution in [0.4, 0.5) is 0 Å². The maximum atomic E-state index is 5.41. The summed E-state index contributed by atoms with van der Waals surface area (Å²) < 4.78 is 12.2. The first-order chi connectivity index (χ1) is 10.2. The van der Waals surface area contributed by atoms with E-state index in [0.29, 0.717) is 13.2 Å². The standard InChI is InChI=1S/C15H24N4O2/c1-12-14-9-13(11-17-15(14)19(2)18-12)10-16-5-4-6-21-8-7-20-3/h9,11,16H,4-8,10H2,1-3H3. The predicted octanol–water partition coefficient (Wildman–Crippen LogP) is 1.42. The molecule has 0 radical (unpaired) electrons. The first-order valence-corrected chi connectivity index (χ1v) is 7.28. The van der Waals surface area contributed by atoms with Crippen LogP contribution < -0.4 is 5.32 Å². The molecule has 6 nitrogen and oxygen atoms in total. The number of hydrogen-bond donors (Lipinski definition) is 1. The number of fused-ring (bicyclic) bond motifs is 1. The van der Waals surface area contributed by atoms with Gasteiger partial charge in [-0.25, -0.2) is 4.98 Å². The lowest BCUT2D eigenvalue weighted by Crippen LogP contribution is -2.17. The highest BCUT2D eigenvalue weighted by atomic mass is 16.5. The van der Waals surface area contributed by atoms with E-state index in [1.165, 1.54) is 5.56 Å². The van der Waals surface area contributed by atoms with Gasteiger partial charge in [-0.05, 0) is 31.5 Å². The molecule has 0 fully saturated rings. The number of aromatic nitrogens is 3. The molecular weight excluding hydrogens is 268 g/mol. The number of pyridine rings is 1. The Labute approximate surface area is 125 Å². The lowest BCUT2D eigenvalue weighted by atomic mass is 10.2. The Balaban J connectivity index is 1.73. The van der Waals surface area contributed by atoms with E-state index in [4.69, 9.17) is 9.47 Å². The molecule has 0 atom stereocenters. The molecule has 6 heteroatoms. The van der Waals surface area contributed by atoms with Gasteiger partial charge in [-0.2, -0.15) is 5.10 Å². The summed E-state index contributed by atoms with van der Waals surface area (Å²) in [5.74, 6) is 0. The highest BCUT2D eigenvalue weighted by Gasteiger charge is 2.06. The third-order valence-corrected chi connectivity index (χ3v) is 3.32. The van der Waals surface area contributed by atoms with Gasteiger partial charge in [0.2, 0.25) is 0 Å². The first kappa shape index (κ1) is 15.9. The SMILES string of the molecule is COCCOCCCNCc1cnc2c(c1)c(C)nn2C. The molecule has 0 aromatic carbocycles. The summed E-state index contributed by atoms with van der Waals surface area (Å²) in [6.45, 7) is 5.83. The van der Waals surface area contributed by atoms with E-state index < -0.39 is 0 Å². The summed E-state index contributed by atoms with van der Waals surface area (Å²) in [4.78, 5) is 4.47. The van der Waals surface area contributed by atoms with Gasteiger partial charge in [0, 0.05) is 38.9 Å². The van der Waals surface area contributed by atoms with E-state index in [0.717, 1.165) is 42.8 Å². The second kappa shape index (κ2) is 8.07. The molecule has 0 bridgehead atoms. The van der Waals surface area contributed by atoms with E-state index in [1.54, 1.807) is 7.11 Å². The molecule has 116 valence electrons. The highest BCUT2D eigenvalue weighted by Crippen LogP contribution is 2.16. The average Bonchev–Trinajstić information content (AvgIpc) is 2.76. The summed E-state index contributed by atoms with van der Waals surface area (Å²) in [6, 6.07) is 2.16. The van der Waals surface area contributed by atoms with Crippen molar-refractivity contribution in [2.75, 3.05) is 33.5 Å². The van der Waals surface area contributed by atoms with Gasteiger partial charge in [0.15, 0.2) is 5.65 Å². The molecule has 2 heterocycles. The second-order valence-corrected chi connectivity index (χ2v) is 5.06. The van der Waals surface area contributed by atoms with E-state index in [1.807, 2.05) is 24.9 Å². The monoisotopic (exact) mass is 292 g/mol. The molecule has 2 aromatic rings. The molecule has 0 unspecified atom stereocenters. The Bertz CT molecular complexity index is 568. The van der Waals surface area contributed by atoms with Crippen molar-refractivity contribution < 1.29 is 9.47 Å². The summed E-state index contributed by atoms with van der Waals surface area (Å²) in [6.07, 6.45) is 2.90. The van der Waals surface area contributed by atoms with E-state index >= 15 is 0 Å². The zero-order valence-corrected chi connectivity index (χ0v) is 13.1. The molecule has 21 heavy (non-hydrogen) atoms. The van der Waals surface area contributed by atoms with Crippen LogP contribution in [-0.4, -0.2) is 48.2 Å². The van der Waals surface area contributed by atoms with Gasteiger partial charge in [-0.3, -0.25) is 4.68 Å². The Hall–Kier alpha value is -1.50. The summed E-state index contributed by atoms with van der Waals surface area (Å²) >= 11 is 0. The molecule has 1 N–H and O–H groups in total. The molecule has 0 saturated heterocycles. The van der Waals surface area contributed by atoms with Crippen molar-refractivity contribution in [3.8, 4) is 0 Å². The van der Waals surface area contributed by atoms with Crippen molar-refractivity contribution in [2.45, 2.75) is 19.9 Å². The highest BCUT2D eigenvalue weighted by molar-refractivity contribution is 5.78. The normalized spacial score (nSPS) is 11.4. The Kier molecular flexibility index (Phi) is 6.10. The molecule has 2 rings (SSSR count). The van der Waals surface area contributed by atoms with Crippen LogP contribution in [0.3, 0.4) is 0 Å². The van der Waals surface area contributed by atoms with E-state index in [2.05, 4.69) is 21.5 Å². The van der Waals surface area contributed by atoms with Gasteiger partial charge in [0.05, 0.1) is 18.9 Å². The maximum absolute atomic E-state index is 5.41. The van der Waals surface area contributed by atoms with Crippen LogP contribution >= 0.6 is 0 Å². The molecule has 0 amide bonds. The third kappa shape index (κ3) is 4.49. The summed E-state index contributed by atoms with van der Waals surface area (Å²) in [7, 11) is 3.60. The minimum absolute atomic E-state index is 0.656. The van der Waals surface area contributed by atoms with Crippen LogP contribution in [-0.2, 0) is 23.1 Å². The molecule has 0 aliphatic carbocycles. The van der Waals surface area contributed by atoms with Crippen molar-refractivity contribution in [3.63, 3.8) is 0 Å². The topological polar surface area (TPSA) is 61.2 Å². The van der Waals surface area contributed by atoms with Crippen molar-refractivity contribution in [1.29, 1.82) is 0 Å². The van der Waals surface area contributed by atoms with Crippen LogP contribution in [0.25, 0.3) is 11.0 Å². The van der Waals surface area contributed by atoms with Gasteiger partial charge in [-0.1, -0.05) is 0 Å². The molecular formula is C15H24N4O2. The Morgan fingerprint density at radius 2 is 2.14 bits per heavy atom. The van der Waals surface area contributed by atoms with Crippen molar-refractivity contribution in [1.82, 2.24) is 20.1 Å². The number of aryl methyl sites for hydroxylation is 2. The van der Waals surface area contributed by atoms with Gasteiger partial charge in [-0.15, -0.1) is 0 Å². The van der Waals surface area contributed by atoms with Gasteiger partial charge in [0.1, 0.15) is 0 Å². The molecule has 0 saturated carbocycles. The lowest BCUT2D eigenvalue weighted by molar-refractivity contribution is 0.0695. The zero-order chi connectivity index (χ0) is 15.1. The fraction of sp³-hybridized carbons (Fsp3) is 0.600. The molecule has 0 aliphatic rings. The van der Waals surface area contributed by atoms with Crippen LogP contribution in [0.5, 0.6) is 0 Å². The van der Waals surface area contributed by atoms with Gasteiger partial charge < -0.3 is 14.8 Å². The van der Waals surface area contributed by atoms with Gasteiger partial charge in [0.25, 0.3) is 0 Å². The predicted molar refractivity (Wildman–Crippen MR) is 82.3 cm³/mol. The quantitative estimate of drug-likeness (QED) is 0.708. The van der Waals surface area contributed by atoms with Crippen LogP contribution in [0, 0.1) is 6.92 Å².